The van der Waals surface area contributed by atoms with Crippen LogP contribution in [0.3, 0.4) is 0 Å². The molecule has 12 heteroatoms. The van der Waals surface area contributed by atoms with Gasteiger partial charge in [0, 0.05) is 42.9 Å². The van der Waals surface area contributed by atoms with E-state index in [9.17, 15) is 32.7 Å². The van der Waals surface area contributed by atoms with E-state index in [0.29, 0.717) is 17.0 Å². The number of hydrogen-bond donors (Lipinski definition) is 3. The minimum absolute atomic E-state index is 0.115. The molecular formula is C28H35F3N4O5. The Morgan fingerprint density at radius 2 is 1.85 bits per heavy atom. The Bertz CT molecular complexity index is 1180. The maximum Gasteiger partial charge on any atom is 0.389 e. The van der Waals surface area contributed by atoms with Crippen LogP contribution < -0.4 is 15.4 Å². The van der Waals surface area contributed by atoms with Crippen LogP contribution >= 0.6 is 0 Å². The molecule has 0 aromatic heterocycles. The van der Waals surface area contributed by atoms with Crippen LogP contribution in [0, 0.1) is 5.92 Å². The van der Waals surface area contributed by atoms with Crippen LogP contribution in [-0.4, -0.2) is 77.8 Å². The maximum absolute atomic E-state index is 13.3. The number of aliphatic hydroxyl groups is 1. The fraction of sp³-hybridized carbons (Fsp3) is 0.464. The number of amides is 4. The first-order valence-electron chi connectivity index (χ1n) is 13.0. The third kappa shape index (κ3) is 8.87. The normalized spacial score (nSPS) is 18.4. The van der Waals surface area contributed by atoms with Gasteiger partial charge >= 0.3 is 12.2 Å². The predicted octanol–water partition coefficient (Wildman–Crippen LogP) is 4.28. The van der Waals surface area contributed by atoms with E-state index in [-0.39, 0.29) is 49.7 Å². The summed E-state index contributed by atoms with van der Waals surface area (Å²) in [6.45, 7) is 3.78. The SMILES string of the molecule is C[C@@H]1CN([C@@H](C)CO)C(=O)Cc2cc(NC(=O)CCC(F)(F)F)ccc2O[C@H]1CN(C)C(=O)Nc1ccccc1. The van der Waals surface area contributed by atoms with Crippen LogP contribution in [0.4, 0.5) is 29.3 Å². The van der Waals surface area contributed by atoms with Crippen molar-refractivity contribution in [2.45, 2.75) is 51.4 Å². The fourth-order valence-corrected chi connectivity index (χ4v) is 4.30. The van der Waals surface area contributed by atoms with Gasteiger partial charge in [-0.2, -0.15) is 13.2 Å². The second-order valence-electron chi connectivity index (χ2n) is 10.1. The molecule has 0 saturated heterocycles. The van der Waals surface area contributed by atoms with Gasteiger partial charge in [0.2, 0.25) is 11.8 Å². The number of nitrogens with one attached hydrogen (secondary N) is 2. The number of hydrogen-bond acceptors (Lipinski definition) is 5. The molecule has 1 aliphatic rings. The van der Waals surface area contributed by atoms with Crippen LogP contribution in [0.5, 0.6) is 5.75 Å². The molecule has 218 valence electrons. The first-order valence-corrected chi connectivity index (χ1v) is 13.0. The van der Waals surface area contributed by atoms with Crippen molar-refractivity contribution in [2.75, 3.05) is 37.4 Å². The number of nitrogens with zero attached hydrogens (tertiary/aromatic N) is 2. The summed E-state index contributed by atoms with van der Waals surface area (Å²) in [6, 6.07) is 12.7. The van der Waals surface area contributed by atoms with E-state index in [1.54, 1.807) is 49.2 Å². The standard InChI is InChI=1S/C28H35F3N4O5/c1-18-15-35(19(2)17-36)26(38)14-20-13-22(32-25(37)11-12-28(29,30)31)9-10-23(20)40-24(18)16-34(3)27(39)33-21-7-5-4-6-8-21/h4-10,13,18-19,24,36H,11-12,14-17H2,1-3H3,(H,32,37)(H,33,39)/t18-,19+,24+/m1/s1. The molecule has 0 unspecified atom stereocenters. The molecule has 0 bridgehead atoms. The number of anilines is 2. The Labute approximate surface area is 231 Å². The number of rotatable bonds is 8. The number of aliphatic hydroxyl groups excluding tert-OH is 1. The van der Waals surface area contributed by atoms with Gasteiger partial charge in [-0.15, -0.1) is 0 Å². The summed E-state index contributed by atoms with van der Waals surface area (Å²) in [5, 5.41) is 15.0. The lowest BCUT2D eigenvalue weighted by molar-refractivity contribution is -0.142. The first-order chi connectivity index (χ1) is 18.9. The van der Waals surface area contributed by atoms with E-state index in [1.165, 1.54) is 17.0 Å². The summed E-state index contributed by atoms with van der Waals surface area (Å²) in [6.07, 6.45) is -7.10. The lowest BCUT2D eigenvalue weighted by Gasteiger charge is -2.34. The van der Waals surface area contributed by atoms with E-state index >= 15 is 0 Å². The van der Waals surface area contributed by atoms with Gasteiger partial charge in [-0.25, -0.2) is 4.79 Å². The van der Waals surface area contributed by atoms with Crippen molar-refractivity contribution in [1.29, 1.82) is 0 Å². The van der Waals surface area contributed by atoms with Crippen LogP contribution in [-0.2, 0) is 16.0 Å². The summed E-state index contributed by atoms with van der Waals surface area (Å²) in [7, 11) is 1.63. The van der Waals surface area contributed by atoms with Gasteiger partial charge in [-0.05, 0) is 37.3 Å². The molecule has 40 heavy (non-hydrogen) atoms. The molecule has 3 N–H and O–H groups in total. The van der Waals surface area contributed by atoms with Gasteiger partial charge in [0.15, 0.2) is 0 Å². The molecule has 0 fully saturated rings. The van der Waals surface area contributed by atoms with Gasteiger partial charge in [0.05, 0.1) is 32.0 Å². The Balaban J connectivity index is 1.84. The summed E-state index contributed by atoms with van der Waals surface area (Å²) in [4.78, 5) is 41.2. The quantitative estimate of drug-likeness (QED) is 0.443. The lowest BCUT2D eigenvalue weighted by Crippen LogP contribution is -2.48. The number of likely N-dealkylation sites (N-methyl/N-ethyl adjacent to an activating group) is 1. The molecule has 2 aromatic rings. The molecule has 2 aromatic carbocycles. The van der Waals surface area contributed by atoms with Gasteiger partial charge in [0.25, 0.3) is 0 Å². The van der Waals surface area contributed by atoms with Gasteiger partial charge in [-0.1, -0.05) is 25.1 Å². The van der Waals surface area contributed by atoms with Crippen molar-refractivity contribution in [3.8, 4) is 5.75 Å². The minimum atomic E-state index is -4.45. The molecule has 0 spiro atoms. The van der Waals surface area contributed by atoms with E-state index in [1.807, 2.05) is 13.0 Å². The molecule has 0 saturated carbocycles. The molecular weight excluding hydrogens is 529 g/mol. The number of halogens is 3. The van der Waals surface area contributed by atoms with E-state index in [4.69, 9.17) is 4.74 Å². The Morgan fingerprint density at radius 1 is 1.15 bits per heavy atom. The summed E-state index contributed by atoms with van der Waals surface area (Å²) < 4.78 is 43.9. The smallest absolute Gasteiger partial charge is 0.389 e. The molecule has 3 atom stereocenters. The van der Waals surface area contributed by atoms with Crippen LogP contribution in [0.15, 0.2) is 48.5 Å². The third-order valence-electron chi connectivity index (χ3n) is 6.66. The third-order valence-corrected chi connectivity index (χ3v) is 6.66. The maximum atomic E-state index is 13.3. The van der Waals surface area contributed by atoms with Gasteiger partial charge in [-0.3, -0.25) is 9.59 Å². The van der Waals surface area contributed by atoms with Crippen molar-refractivity contribution in [3.05, 3.63) is 54.1 Å². The molecule has 1 aliphatic heterocycles. The highest BCUT2D eigenvalue weighted by atomic mass is 19.4. The highest BCUT2D eigenvalue weighted by Crippen LogP contribution is 2.30. The Morgan fingerprint density at radius 3 is 2.50 bits per heavy atom. The summed E-state index contributed by atoms with van der Waals surface area (Å²) >= 11 is 0. The van der Waals surface area contributed by atoms with E-state index in [0.717, 1.165) is 0 Å². The lowest BCUT2D eigenvalue weighted by atomic mass is 10.0. The number of alkyl halides is 3. The second-order valence-corrected chi connectivity index (χ2v) is 10.1. The molecule has 9 nitrogen and oxygen atoms in total. The molecule has 0 aliphatic carbocycles. The zero-order chi connectivity index (χ0) is 29.4. The number of carbonyl (C=O) groups is 3. The van der Waals surface area contributed by atoms with Crippen LogP contribution in [0.2, 0.25) is 0 Å². The second kappa shape index (κ2) is 13.5. The number of urea groups is 1. The van der Waals surface area contributed by atoms with Gasteiger partial charge < -0.3 is 30.3 Å². The minimum Gasteiger partial charge on any atom is -0.488 e. The van der Waals surface area contributed by atoms with Crippen molar-refractivity contribution >= 4 is 29.2 Å². The topological polar surface area (TPSA) is 111 Å². The fourth-order valence-electron chi connectivity index (χ4n) is 4.30. The predicted molar refractivity (Wildman–Crippen MR) is 144 cm³/mol. The Hall–Kier alpha value is -3.80. The summed E-state index contributed by atoms with van der Waals surface area (Å²) in [5.74, 6) is -0.984. The zero-order valence-electron chi connectivity index (χ0n) is 22.7. The van der Waals surface area contributed by atoms with Crippen LogP contribution in [0.25, 0.3) is 0 Å². The number of para-hydroxylation sites is 1. The van der Waals surface area contributed by atoms with Crippen molar-refractivity contribution in [1.82, 2.24) is 9.80 Å². The highest BCUT2D eigenvalue weighted by molar-refractivity contribution is 5.91. The molecule has 0 radical (unpaired) electrons. The zero-order valence-corrected chi connectivity index (χ0v) is 22.7. The Kier molecular flexibility index (Phi) is 10.4. The molecule has 3 rings (SSSR count). The number of benzene rings is 2. The monoisotopic (exact) mass is 564 g/mol. The van der Waals surface area contributed by atoms with E-state index in [2.05, 4.69) is 10.6 Å². The average Bonchev–Trinajstić information content (AvgIpc) is 2.94. The van der Waals surface area contributed by atoms with Crippen LogP contribution in [0.1, 0.15) is 32.3 Å². The molecule has 4 amide bonds. The van der Waals surface area contributed by atoms with E-state index < -0.39 is 37.1 Å². The largest absolute Gasteiger partial charge is 0.488 e. The average molecular weight is 565 g/mol. The highest BCUT2D eigenvalue weighted by Gasteiger charge is 2.32. The number of carbonyl (C=O) groups excluding carboxylic acids is 3. The number of ether oxygens (including phenoxy) is 1. The van der Waals surface area contributed by atoms with Crippen molar-refractivity contribution < 1.29 is 37.4 Å². The first kappa shape index (κ1) is 30.7. The van der Waals surface area contributed by atoms with Crippen molar-refractivity contribution in [3.63, 3.8) is 0 Å². The van der Waals surface area contributed by atoms with Crippen molar-refractivity contribution in [2.24, 2.45) is 5.92 Å². The number of fused-ring (bicyclic) bond motifs is 1. The van der Waals surface area contributed by atoms with Gasteiger partial charge in [0.1, 0.15) is 11.9 Å². The summed E-state index contributed by atoms with van der Waals surface area (Å²) in [5.41, 5.74) is 1.28. The molecule has 1 heterocycles.